The summed E-state index contributed by atoms with van der Waals surface area (Å²) in [6.07, 6.45) is 58.5. The van der Waals surface area contributed by atoms with Crippen molar-refractivity contribution < 1.29 is 52.2 Å². The van der Waals surface area contributed by atoms with Crippen LogP contribution in [0.1, 0.15) is 226 Å². The van der Waals surface area contributed by atoms with Gasteiger partial charge in [0.15, 0.2) is 6.10 Å². The predicted octanol–water partition coefficient (Wildman–Crippen LogP) is 15.9. The molecule has 2 N–H and O–H groups in total. The van der Waals surface area contributed by atoms with E-state index in [0.717, 1.165) is 96.3 Å². The van der Waals surface area contributed by atoms with Gasteiger partial charge >= 0.3 is 25.7 Å². The van der Waals surface area contributed by atoms with Gasteiger partial charge in [-0.3, -0.25) is 23.4 Å². The van der Waals surface area contributed by atoms with Crippen molar-refractivity contribution in [3.8, 4) is 0 Å². The van der Waals surface area contributed by atoms with E-state index in [9.17, 15) is 28.9 Å². The van der Waals surface area contributed by atoms with E-state index in [2.05, 4.69) is 93.7 Å². The third-order valence-corrected chi connectivity index (χ3v) is 12.3. The molecular formula is C58H99O11P. The van der Waals surface area contributed by atoms with Crippen LogP contribution in [0.3, 0.4) is 0 Å². The number of aliphatic hydroxyl groups is 1. The molecule has 0 fully saturated rings. The Hall–Kier alpha value is -3.34. The molecule has 0 heterocycles. The Bertz CT molecular complexity index is 1500. The van der Waals surface area contributed by atoms with Crippen molar-refractivity contribution in [2.45, 2.75) is 238 Å². The molecule has 0 amide bonds. The van der Waals surface area contributed by atoms with E-state index in [1.54, 1.807) is 0 Å². The van der Waals surface area contributed by atoms with Crippen LogP contribution in [-0.2, 0) is 42.2 Å². The van der Waals surface area contributed by atoms with Crippen LogP contribution in [0.15, 0.2) is 85.1 Å². The first-order chi connectivity index (χ1) is 34.2. The number of unbranched alkanes of at least 4 members (excludes halogenated alkanes) is 19. The average Bonchev–Trinajstić information content (AvgIpc) is 3.35. The summed E-state index contributed by atoms with van der Waals surface area (Å²) < 4.78 is 39.3. The summed E-state index contributed by atoms with van der Waals surface area (Å²) in [4.78, 5) is 48.3. The molecule has 402 valence electrons. The van der Waals surface area contributed by atoms with Gasteiger partial charge in [-0.2, -0.15) is 0 Å². The lowest BCUT2D eigenvalue weighted by atomic mass is 10.1. The zero-order chi connectivity index (χ0) is 51.3. The molecule has 11 nitrogen and oxygen atoms in total. The van der Waals surface area contributed by atoms with E-state index in [-0.39, 0.29) is 25.9 Å². The number of phosphoric ester groups is 1. The van der Waals surface area contributed by atoms with Gasteiger partial charge in [0.05, 0.1) is 19.8 Å². The molecule has 0 aromatic heterocycles. The highest BCUT2D eigenvalue weighted by atomic mass is 31.2. The zero-order valence-corrected chi connectivity index (χ0v) is 45.1. The van der Waals surface area contributed by atoms with E-state index >= 15 is 0 Å². The maximum atomic E-state index is 12.9. The molecule has 0 aliphatic heterocycles. The molecular weight excluding hydrogens is 904 g/mol. The lowest BCUT2D eigenvalue weighted by Crippen LogP contribution is -2.30. The van der Waals surface area contributed by atoms with Crippen LogP contribution in [0.25, 0.3) is 0 Å². The highest BCUT2D eigenvalue weighted by Gasteiger charge is 2.28. The number of hydrogen-bond acceptors (Lipinski definition) is 10. The second-order valence-electron chi connectivity index (χ2n) is 18.0. The predicted molar refractivity (Wildman–Crippen MR) is 288 cm³/mol. The molecule has 0 saturated heterocycles. The van der Waals surface area contributed by atoms with Gasteiger partial charge in [0.25, 0.3) is 0 Å². The summed E-state index contributed by atoms with van der Waals surface area (Å²) >= 11 is 0. The summed E-state index contributed by atoms with van der Waals surface area (Å²) in [6, 6.07) is 0. The molecule has 3 unspecified atom stereocenters. The van der Waals surface area contributed by atoms with Gasteiger partial charge in [-0.25, -0.2) is 4.57 Å². The van der Waals surface area contributed by atoms with Gasteiger partial charge in [-0.15, -0.1) is 0 Å². The molecule has 0 aliphatic rings. The van der Waals surface area contributed by atoms with Gasteiger partial charge in [-0.05, 0) is 83.5 Å². The Morgan fingerprint density at radius 1 is 0.414 bits per heavy atom. The first-order valence-electron chi connectivity index (χ1n) is 27.5. The fourth-order valence-electron chi connectivity index (χ4n) is 7.14. The largest absolute Gasteiger partial charge is 0.472 e. The number of aliphatic hydroxyl groups excluding tert-OH is 1. The summed E-state index contributed by atoms with van der Waals surface area (Å²) in [7, 11) is -4.76. The van der Waals surface area contributed by atoms with Crippen LogP contribution >= 0.6 is 7.82 Å². The lowest BCUT2D eigenvalue weighted by Gasteiger charge is -2.21. The number of ether oxygens (including phenoxy) is 3. The number of phosphoric acid groups is 1. The van der Waals surface area contributed by atoms with Gasteiger partial charge in [0, 0.05) is 19.3 Å². The molecule has 70 heavy (non-hydrogen) atoms. The number of rotatable bonds is 50. The molecule has 0 aliphatic carbocycles. The number of hydrogen-bond donors (Lipinski definition) is 2. The third kappa shape index (κ3) is 49.6. The Balaban J connectivity index is 4.84. The van der Waals surface area contributed by atoms with Crippen molar-refractivity contribution in [1.82, 2.24) is 0 Å². The molecule has 3 atom stereocenters. The van der Waals surface area contributed by atoms with Crippen LogP contribution in [0.4, 0.5) is 0 Å². The standard InChI is InChI=1S/C58H99O11P/c1-4-7-10-13-16-19-22-24-25-26-27-28-29-31-33-35-38-41-44-47-56(60)65-51-55(69-58(62)49-46-43-40-37-34-30-23-20-17-14-11-8-5-2)53-67-70(63,64)66-52-54(50-59)68-57(61)48-45-42-39-36-32-21-18-15-12-9-6-3/h7,10,16,19-20,23-25,27-28,31,33,38,41,54-55,59H,4-6,8-9,11-15,17-18,21-22,26,29-30,32,34-37,39-40,42-53H2,1-3H3,(H,63,64)/b10-7-,19-16-,23-20-,25-24-,28-27-,33-31-,41-38-. The minimum absolute atomic E-state index is 0.0978. The Morgan fingerprint density at radius 2 is 0.771 bits per heavy atom. The van der Waals surface area contributed by atoms with E-state index in [0.29, 0.717) is 19.3 Å². The fraction of sp³-hybridized carbons (Fsp3) is 0.707. The van der Waals surface area contributed by atoms with Crippen molar-refractivity contribution in [2.24, 2.45) is 0 Å². The van der Waals surface area contributed by atoms with Gasteiger partial charge in [0.1, 0.15) is 12.7 Å². The Kier molecular flexibility index (Phi) is 49.5. The van der Waals surface area contributed by atoms with Crippen molar-refractivity contribution in [2.75, 3.05) is 26.4 Å². The van der Waals surface area contributed by atoms with Crippen molar-refractivity contribution >= 4 is 25.7 Å². The monoisotopic (exact) mass is 1000 g/mol. The Morgan fingerprint density at radius 3 is 1.21 bits per heavy atom. The fourth-order valence-corrected chi connectivity index (χ4v) is 7.92. The average molecular weight is 1000 g/mol. The van der Waals surface area contributed by atoms with Gasteiger partial charge in [0.2, 0.25) is 0 Å². The van der Waals surface area contributed by atoms with Gasteiger partial charge < -0.3 is 24.2 Å². The maximum Gasteiger partial charge on any atom is 0.472 e. The highest BCUT2D eigenvalue weighted by Crippen LogP contribution is 2.43. The molecule has 0 rings (SSSR count). The minimum atomic E-state index is -4.76. The van der Waals surface area contributed by atoms with Crippen molar-refractivity contribution in [3.63, 3.8) is 0 Å². The molecule has 12 heteroatoms. The number of esters is 3. The molecule has 0 saturated carbocycles. The van der Waals surface area contributed by atoms with Crippen LogP contribution in [0.2, 0.25) is 0 Å². The van der Waals surface area contributed by atoms with Crippen LogP contribution in [0.5, 0.6) is 0 Å². The van der Waals surface area contributed by atoms with Crippen LogP contribution < -0.4 is 0 Å². The van der Waals surface area contributed by atoms with E-state index < -0.39 is 57.8 Å². The third-order valence-electron chi connectivity index (χ3n) is 11.3. The van der Waals surface area contributed by atoms with E-state index in [4.69, 9.17) is 23.3 Å². The second kappa shape index (κ2) is 52.0. The van der Waals surface area contributed by atoms with Crippen LogP contribution in [0, 0.1) is 0 Å². The smallest absolute Gasteiger partial charge is 0.462 e. The Labute approximate surface area is 426 Å². The summed E-state index contributed by atoms with van der Waals surface area (Å²) in [5.74, 6) is -1.58. The zero-order valence-electron chi connectivity index (χ0n) is 44.2. The van der Waals surface area contributed by atoms with Crippen LogP contribution in [-0.4, -0.2) is 66.5 Å². The quantitative estimate of drug-likeness (QED) is 0.0197. The van der Waals surface area contributed by atoms with E-state index in [1.807, 2.05) is 12.2 Å². The van der Waals surface area contributed by atoms with Crippen molar-refractivity contribution in [3.05, 3.63) is 85.1 Å². The number of carbonyl (C=O) groups excluding carboxylic acids is 3. The normalized spacial score (nSPS) is 14.1. The van der Waals surface area contributed by atoms with E-state index in [1.165, 1.54) is 70.6 Å². The summed E-state index contributed by atoms with van der Waals surface area (Å²) in [5, 5.41) is 9.77. The first-order valence-corrected chi connectivity index (χ1v) is 29.0. The topological polar surface area (TPSA) is 155 Å². The molecule has 0 spiro atoms. The number of carbonyl (C=O) groups is 3. The SMILES string of the molecule is CC/C=C\C/C=C\C/C=C\C/C=C\C/C=C\C/C=C\CCC(=O)OCC(COP(=O)(O)OCC(CO)OC(=O)CCCCCCCCCCCCC)OC(=O)CCCCCCC/C=C\CCCCCC. The maximum absolute atomic E-state index is 12.9. The summed E-state index contributed by atoms with van der Waals surface area (Å²) in [5.41, 5.74) is 0. The highest BCUT2D eigenvalue weighted by molar-refractivity contribution is 7.47. The second-order valence-corrected chi connectivity index (χ2v) is 19.5. The minimum Gasteiger partial charge on any atom is -0.462 e. The summed E-state index contributed by atoms with van der Waals surface area (Å²) in [6.45, 7) is 4.40. The lowest BCUT2D eigenvalue weighted by molar-refractivity contribution is -0.161. The molecule has 0 aromatic carbocycles. The molecule has 0 bridgehead atoms. The molecule has 0 aromatic rings. The number of allylic oxidation sites excluding steroid dienone is 14. The van der Waals surface area contributed by atoms with Gasteiger partial charge in [-0.1, -0.05) is 209 Å². The first kappa shape index (κ1) is 66.7. The molecule has 0 radical (unpaired) electrons. The van der Waals surface area contributed by atoms with Crippen molar-refractivity contribution in [1.29, 1.82) is 0 Å².